The first kappa shape index (κ1) is 12.7. The topological polar surface area (TPSA) is 37.5 Å². The maximum Gasteiger partial charge on any atom is 0.126 e. The zero-order chi connectivity index (χ0) is 14.0. The number of hydrogen-bond donors (Lipinski definition) is 1. The van der Waals surface area contributed by atoms with Crippen LogP contribution < -0.4 is 5.32 Å². The maximum absolute atomic E-state index is 5.32. The molecule has 0 amide bonds. The van der Waals surface area contributed by atoms with E-state index in [1.807, 2.05) is 42.5 Å². The lowest BCUT2D eigenvalue weighted by Crippen LogP contribution is -2.32. The quantitative estimate of drug-likeness (QED) is 0.858. The first-order valence-corrected chi connectivity index (χ1v) is 6.79. The van der Waals surface area contributed by atoms with Crippen molar-refractivity contribution < 1.29 is 4.42 Å². The van der Waals surface area contributed by atoms with Gasteiger partial charge in [0.1, 0.15) is 5.76 Å². The van der Waals surface area contributed by atoms with Crippen molar-refractivity contribution in [2.75, 3.05) is 5.32 Å². The molecule has 0 radical (unpaired) electrons. The van der Waals surface area contributed by atoms with Crippen LogP contribution in [0.15, 0.2) is 58.1 Å². The predicted molar refractivity (Wildman–Crippen MR) is 83.6 cm³/mol. The smallest absolute Gasteiger partial charge is 0.126 e. The van der Waals surface area contributed by atoms with E-state index in [9.17, 15) is 0 Å². The van der Waals surface area contributed by atoms with Crippen LogP contribution in [0.2, 0.25) is 0 Å². The Bertz CT molecular complexity index is 651. The zero-order valence-corrected chi connectivity index (χ0v) is 11.8. The lowest BCUT2D eigenvalue weighted by Gasteiger charge is -2.25. The Morgan fingerprint density at radius 2 is 2.00 bits per heavy atom. The van der Waals surface area contributed by atoms with Crippen LogP contribution >= 0.6 is 0 Å². The number of furan rings is 1. The minimum atomic E-state index is -0.0288. The second kappa shape index (κ2) is 5.00. The van der Waals surface area contributed by atoms with E-state index in [4.69, 9.17) is 9.41 Å². The summed E-state index contributed by atoms with van der Waals surface area (Å²) in [7, 11) is 0. The molecule has 3 heteroatoms. The lowest BCUT2D eigenvalue weighted by atomic mass is 9.97. The summed E-state index contributed by atoms with van der Waals surface area (Å²) in [4.78, 5) is 4.76. The van der Waals surface area contributed by atoms with Gasteiger partial charge < -0.3 is 9.73 Å². The molecule has 2 heterocycles. The molecule has 0 saturated carbocycles. The Balaban J connectivity index is 1.95. The van der Waals surface area contributed by atoms with E-state index in [0.717, 1.165) is 29.3 Å². The predicted octanol–water partition coefficient (Wildman–Crippen LogP) is 4.66. The van der Waals surface area contributed by atoms with Crippen molar-refractivity contribution in [1.29, 1.82) is 0 Å². The minimum absolute atomic E-state index is 0.0288. The summed E-state index contributed by atoms with van der Waals surface area (Å²) in [5, 5.41) is 3.55. The van der Waals surface area contributed by atoms with Gasteiger partial charge in [-0.2, -0.15) is 0 Å². The Morgan fingerprint density at radius 3 is 2.80 bits per heavy atom. The summed E-state index contributed by atoms with van der Waals surface area (Å²) >= 11 is 0. The van der Waals surface area contributed by atoms with E-state index in [1.54, 1.807) is 6.26 Å². The van der Waals surface area contributed by atoms with Crippen LogP contribution in [0.25, 0.3) is 6.08 Å². The number of anilines is 1. The highest BCUT2D eigenvalue weighted by Crippen LogP contribution is 2.32. The highest BCUT2D eigenvalue weighted by Gasteiger charge is 2.23. The van der Waals surface area contributed by atoms with Crippen LogP contribution in [0.3, 0.4) is 0 Å². The molecule has 3 nitrogen and oxygen atoms in total. The average Bonchev–Trinajstić information content (AvgIpc) is 2.86. The van der Waals surface area contributed by atoms with E-state index in [-0.39, 0.29) is 5.54 Å². The van der Waals surface area contributed by atoms with Gasteiger partial charge in [-0.05, 0) is 50.3 Å². The van der Waals surface area contributed by atoms with Gasteiger partial charge in [0.15, 0.2) is 0 Å². The third kappa shape index (κ3) is 2.82. The Labute approximate surface area is 119 Å². The second-order valence-corrected chi connectivity index (χ2v) is 5.65. The number of rotatable bonds is 2. The first-order valence-electron chi connectivity index (χ1n) is 6.79. The zero-order valence-electron chi connectivity index (χ0n) is 11.8. The summed E-state index contributed by atoms with van der Waals surface area (Å²) in [5.41, 5.74) is 3.08. The molecule has 0 saturated heterocycles. The van der Waals surface area contributed by atoms with Gasteiger partial charge in [-0.25, -0.2) is 0 Å². The van der Waals surface area contributed by atoms with Crippen LogP contribution in [-0.2, 0) is 0 Å². The third-order valence-corrected chi connectivity index (χ3v) is 3.25. The standard InChI is InChI=1S/C17H18N2O/c1-17(2)12-13(9-10-14-6-5-11-20-14)18-15-7-3-4-8-16(15)19-17/h3-11,19H,12H2,1-2H3/b10-9+. The van der Waals surface area contributed by atoms with Gasteiger partial charge in [-0.3, -0.25) is 4.99 Å². The molecule has 0 bridgehead atoms. The number of nitrogens with zero attached hydrogens (tertiary/aromatic N) is 1. The number of allylic oxidation sites excluding steroid dienone is 1. The van der Waals surface area contributed by atoms with E-state index in [1.165, 1.54) is 0 Å². The van der Waals surface area contributed by atoms with E-state index >= 15 is 0 Å². The normalized spacial score (nSPS) is 17.2. The molecule has 0 aliphatic carbocycles. The monoisotopic (exact) mass is 266 g/mol. The van der Waals surface area contributed by atoms with Crippen molar-refractivity contribution in [3.05, 3.63) is 54.5 Å². The molecule has 1 aromatic heterocycles. The summed E-state index contributed by atoms with van der Waals surface area (Å²) in [6.07, 6.45) is 6.53. The molecule has 1 aromatic carbocycles. The van der Waals surface area contributed by atoms with Crippen LogP contribution in [0.4, 0.5) is 11.4 Å². The number of hydrogen-bond acceptors (Lipinski definition) is 3. The molecule has 2 aromatic rings. The molecular formula is C17H18N2O. The van der Waals surface area contributed by atoms with E-state index in [0.29, 0.717) is 0 Å². The van der Waals surface area contributed by atoms with Crippen LogP contribution in [0.1, 0.15) is 26.0 Å². The van der Waals surface area contributed by atoms with Crippen molar-refractivity contribution >= 4 is 23.2 Å². The van der Waals surface area contributed by atoms with Gasteiger partial charge in [0.2, 0.25) is 0 Å². The van der Waals surface area contributed by atoms with Crippen molar-refractivity contribution in [3.8, 4) is 0 Å². The Kier molecular flexibility index (Phi) is 3.18. The second-order valence-electron chi connectivity index (χ2n) is 5.65. The maximum atomic E-state index is 5.32. The van der Waals surface area contributed by atoms with E-state index in [2.05, 4.69) is 25.2 Å². The Hall–Kier alpha value is -2.29. The molecular weight excluding hydrogens is 248 g/mol. The number of para-hydroxylation sites is 2. The molecule has 1 aliphatic rings. The highest BCUT2D eigenvalue weighted by molar-refractivity contribution is 6.02. The Morgan fingerprint density at radius 1 is 1.15 bits per heavy atom. The summed E-state index contributed by atoms with van der Waals surface area (Å²) in [6, 6.07) is 12.0. The molecule has 1 N–H and O–H groups in total. The van der Waals surface area contributed by atoms with Gasteiger partial charge in [0.25, 0.3) is 0 Å². The van der Waals surface area contributed by atoms with E-state index < -0.39 is 0 Å². The van der Waals surface area contributed by atoms with Crippen molar-refractivity contribution in [2.24, 2.45) is 4.99 Å². The van der Waals surface area contributed by atoms with Crippen LogP contribution in [-0.4, -0.2) is 11.3 Å². The number of nitrogens with one attached hydrogen (secondary N) is 1. The molecule has 0 atom stereocenters. The van der Waals surface area contributed by atoms with Gasteiger partial charge in [-0.1, -0.05) is 12.1 Å². The number of aliphatic imine (C=N–C) groups is 1. The molecule has 20 heavy (non-hydrogen) atoms. The summed E-state index contributed by atoms with van der Waals surface area (Å²) in [5.74, 6) is 0.844. The van der Waals surface area contributed by atoms with Gasteiger partial charge >= 0.3 is 0 Å². The average molecular weight is 266 g/mol. The van der Waals surface area contributed by atoms with Crippen LogP contribution in [0, 0.1) is 0 Å². The fraction of sp³-hybridized carbons (Fsp3) is 0.235. The number of fused-ring (bicyclic) bond motifs is 1. The third-order valence-electron chi connectivity index (χ3n) is 3.25. The van der Waals surface area contributed by atoms with Crippen LogP contribution in [0.5, 0.6) is 0 Å². The lowest BCUT2D eigenvalue weighted by molar-refractivity contribution is 0.557. The molecule has 0 spiro atoms. The van der Waals surface area contributed by atoms with Crippen molar-refractivity contribution in [1.82, 2.24) is 0 Å². The van der Waals surface area contributed by atoms with Gasteiger partial charge in [0.05, 0.1) is 17.6 Å². The van der Waals surface area contributed by atoms with Crippen molar-refractivity contribution in [3.63, 3.8) is 0 Å². The highest BCUT2D eigenvalue weighted by atomic mass is 16.3. The number of benzene rings is 1. The molecule has 0 unspecified atom stereocenters. The molecule has 1 aliphatic heterocycles. The van der Waals surface area contributed by atoms with Gasteiger partial charge in [-0.15, -0.1) is 0 Å². The molecule has 3 rings (SSSR count). The largest absolute Gasteiger partial charge is 0.465 e. The van der Waals surface area contributed by atoms with Gasteiger partial charge in [0, 0.05) is 17.7 Å². The fourth-order valence-corrected chi connectivity index (χ4v) is 2.39. The minimum Gasteiger partial charge on any atom is -0.465 e. The summed E-state index contributed by atoms with van der Waals surface area (Å²) < 4.78 is 5.32. The SMILES string of the molecule is CC1(C)CC(/C=C/c2ccco2)=Nc2ccccc2N1. The fourth-order valence-electron chi connectivity index (χ4n) is 2.39. The summed E-state index contributed by atoms with van der Waals surface area (Å²) in [6.45, 7) is 4.37. The molecule has 102 valence electrons. The molecule has 0 fully saturated rings. The van der Waals surface area contributed by atoms with Crippen molar-refractivity contribution in [2.45, 2.75) is 25.8 Å². The first-order chi connectivity index (χ1) is 9.62.